The van der Waals surface area contributed by atoms with Crippen molar-refractivity contribution in [2.45, 2.75) is 31.7 Å². The zero-order valence-corrected chi connectivity index (χ0v) is 18.9. The molecule has 0 spiro atoms. The van der Waals surface area contributed by atoms with Crippen molar-refractivity contribution in [2.75, 3.05) is 27.9 Å². The number of fused-ring (bicyclic) bond motifs is 1. The molecule has 1 aromatic heterocycles. The van der Waals surface area contributed by atoms with Crippen LogP contribution in [-0.4, -0.2) is 37.3 Å². The van der Waals surface area contributed by atoms with Gasteiger partial charge in [-0.15, -0.1) is 0 Å². The maximum absolute atomic E-state index is 13.3. The lowest BCUT2D eigenvalue weighted by Crippen LogP contribution is -2.30. The van der Waals surface area contributed by atoms with Crippen LogP contribution in [0.4, 0.5) is 13.2 Å². The predicted octanol–water partition coefficient (Wildman–Crippen LogP) is 5.53. The van der Waals surface area contributed by atoms with E-state index in [1.807, 2.05) is 24.4 Å². The van der Waals surface area contributed by atoms with Crippen LogP contribution in [0.25, 0.3) is 0 Å². The Bertz CT molecular complexity index is 1110. The summed E-state index contributed by atoms with van der Waals surface area (Å²) in [6, 6.07) is 13.0. The molecule has 33 heavy (non-hydrogen) atoms. The summed E-state index contributed by atoms with van der Waals surface area (Å²) in [4.78, 5) is 2.19. The lowest BCUT2D eigenvalue weighted by atomic mass is 9.98. The quantitative estimate of drug-likeness (QED) is 0.485. The highest BCUT2D eigenvalue weighted by Crippen LogP contribution is 2.43. The van der Waals surface area contributed by atoms with Gasteiger partial charge in [-0.1, -0.05) is 18.2 Å². The molecule has 2 heterocycles. The molecule has 8 heteroatoms. The monoisotopic (exact) mass is 460 g/mol. The zero-order valence-electron chi connectivity index (χ0n) is 18.9. The molecule has 0 aliphatic carbocycles. The number of alkyl halides is 3. The third-order valence-corrected chi connectivity index (χ3v) is 6.02. The van der Waals surface area contributed by atoms with Crippen molar-refractivity contribution in [3.8, 4) is 17.2 Å². The number of halogens is 3. The first-order valence-electron chi connectivity index (χ1n) is 10.7. The van der Waals surface area contributed by atoms with E-state index < -0.39 is 11.7 Å². The highest BCUT2D eigenvalue weighted by atomic mass is 19.4. The summed E-state index contributed by atoms with van der Waals surface area (Å²) in [6.07, 6.45) is -1.48. The van der Waals surface area contributed by atoms with E-state index >= 15 is 0 Å². The summed E-state index contributed by atoms with van der Waals surface area (Å²) in [6.45, 7) is 1.89. The van der Waals surface area contributed by atoms with Gasteiger partial charge in [-0.25, -0.2) is 0 Å². The van der Waals surface area contributed by atoms with E-state index in [4.69, 9.17) is 14.2 Å². The first-order valence-corrected chi connectivity index (χ1v) is 10.7. The molecule has 0 saturated carbocycles. The number of nitrogens with zero attached hydrogens (tertiary/aromatic N) is 2. The van der Waals surface area contributed by atoms with Crippen LogP contribution in [0, 0.1) is 0 Å². The normalized spacial score (nSPS) is 16.7. The van der Waals surface area contributed by atoms with Crippen molar-refractivity contribution < 1.29 is 27.4 Å². The van der Waals surface area contributed by atoms with Crippen molar-refractivity contribution in [3.63, 3.8) is 0 Å². The number of hydrogen-bond donors (Lipinski definition) is 0. The van der Waals surface area contributed by atoms with Gasteiger partial charge in [0, 0.05) is 43.2 Å². The molecular formula is C25H27F3N2O3. The molecule has 3 aromatic rings. The molecule has 0 bridgehead atoms. The van der Waals surface area contributed by atoms with Crippen LogP contribution in [-0.2, 0) is 19.3 Å². The molecule has 0 unspecified atom stereocenters. The van der Waals surface area contributed by atoms with Crippen molar-refractivity contribution in [1.29, 1.82) is 0 Å². The third kappa shape index (κ3) is 4.66. The SMILES string of the molecule is COc1cc(OC)c([C@H]2c3cccn3CCCN2Cc2cccc(C(F)(F)F)c2)cc1OC. The average Bonchev–Trinajstić information content (AvgIpc) is 3.19. The number of methoxy groups -OCH3 is 3. The van der Waals surface area contributed by atoms with Gasteiger partial charge < -0.3 is 18.8 Å². The fourth-order valence-corrected chi connectivity index (χ4v) is 4.51. The van der Waals surface area contributed by atoms with Crippen molar-refractivity contribution in [3.05, 3.63) is 77.1 Å². The van der Waals surface area contributed by atoms with Crippen molar-refractivity contribution >= 4 is 0 Å². The molecule has 5 nitrogen and oxygen atoms in total. The topological polar surface area (TPSA) is 35.9 Å². The van der Waals surface area contributed by atoms with E-state index in [1.54, 1.807) is 33.5 Å². The highest BCUT2D eigenvalue weighted by Gasteiger charge is 2.33. The first kappa shape index (κ1) is 23.0. The lowest BCUT2D eigenvalue weighted by molar-refractivity contribution is -0.137. The number of rotatable bonds is 6. The van der Waals surface area contributed by atoms with Gasteiger partial charge in [-0.05, 0) is 36.2 Å². The summed E-state index contributed by atoms with van der Waals surface area (Å²) < 4.78 is 58.8. The second-order valence-electron chi connectivity index (χ2n) is 8.00. The molecule has 4 rings (SSSR count). The minimum absolute atomic E-state index is 0.244. The Morgan fingerprint density at radius 1 is 0.879 bits per heavy atom. The molecular weight excluding hydrogens is 433 g/mol. The number of aromatic nitrogens is 1. The third-order valence-electron chi connectivity index (χ3n) is 6.02. The van der Waals surface area contributed by atoms with E-state index in [1.165, 1.54) is 12.1 Å². The maximum atomic E-state index is 13.3. The van der Waals surface area contributed by atoms with Crippen LogP contribution in [0.2, 0.25) is 0 Å². The van der Waals surface area contributed by atoms with E-state index in [9.17, 15) is 13.2 Å². The lowest BCUT2D eigenvalue weighted by Gasteiger charge is -2.32. The molecule has 1 aliphatic heterocycles. The molecule has 1 aliphatic rings. The summed E-state index contributed by atoms with van der Waals surface area (Å²) >= 11 is 0. The van der Waals surface area contributed by atoms with Gasteiger partial charge in [0.1, 0.15) is 5.75 Å². The van der Waals surface area contributed by atoms with Crippen LogP contribution in [0.3, 0.4) is 0 Å². The van der Waals surface area contributed by atoms with Gasteiger partial charge in [-0.3, -0.25) is 4.90 Å². The van der Waals surface area contributed by atoms with Crippen molar-refractivity contribution in [2.24, 2.45) is 0 Å². The smallest absolute Gasteiger partial charge is 0.416 e. The number of aryl methyl sites for hydroxylation is 1. The fourth-order valence-electron chi connectivity index (χ4n) is 4.51. The van der Waals surface area contributed by atoms with Crippen LogP contribution < -0.4 is 14.2 Å². The second-order valence-corrected chi connectivity index (χ2v) is 8.00. The molecule has 0 radical (unpaired) electrons. The van der Waals surface area contributed by atoms with Gasteiger partial charge in [0.05, 0.1) is 32.9 Å². The largest absolute Gasteiger partial charge is 0.496 e. The summed E-state index contributed by atoms with van der Waals surface area (Å²) in [7, 11) is 4.73. The molecule has 0 amide bonds. The van der Waals surface area contributed by atoms with Gasteiger partial charge in [0.15, 0.2) is 11.5 Å². The van der Waals surface area contributed by atoms with Crippen LogP contribution in [0.1, 0.15) is 34.8 Å². The van der Waals surface area contributed by atoms with Gasteiger partial charge in [0.2, 0.25) is 0 Å². The first-order chi connectivity index (χ1) is 15.9. The van der Waals surface area contributed by atoms with Crippen LogP contribution >= 0.6 is 0 Å². The highest BCUT2D eigenvalue weighted by molar-refractivity contribution is 5.53. The zero-order chi connectivity index (χ0) is 23.6. The summed E-state index contributed by atoms with van der Waals surface area (Å²) in [5.41, 5.74) is 1.88. The maximum Gasteiger partial charge on any atom is 0.416 e. The van der Waals surface area contributed by atoms with Crippen LogP contribution in [0.15, 0.2) is 54.7 Å². The Kier molecular flexibility index (Phi) is 6.56. The predicted molar refractivity (Wildman–Crippen MR) is 119 cm³/mol. The molecule has 0 saturated heterocycles. The van der Waals surface area contributed by atoms with E-state index in [-0.39, 0.29) is 6.04 Å². The molecule has 2 aromatic carbocycles. The summed E-state index contributed by atoms with van der Waals surface area (Å²) in [5.74, 6) is 1.74. The van der Waals surface area contributed by atoms with Gasteiger partial charge in [0.25, 0.3) is 0 Å². The number of hydrogen-bond acceptors (Lipinski definition) is 4. The second kappa shape index (κ2) is 9.39. The Labute approximate surface area is 191 Å². The average molecular weight is 460 g/mol. The minimum Gasteiger partial charge on any atom is -0.496 e. The van der Waals surface area contributed by atoms with Gasteiger partial charge in [-0.2, -0.15) is 13.2 Å². The van der Waals surface area contributed by atoms with E-state index in [0.717, 1.165) is 30.3 Å². The summed E-state index contributed by atoms with van der Waals surface area (Å²) in [5, 5.41) is 0. The Morgan fingerprint density at radius 2 is 1.61 bits per heavy atom. The Hall–Kier alpha value is -3.13. The molecule has 176 valence electrons. The molecule has 1 atom stereocenters. The van der Waals surface area contributed by atoms with Crippen molar-refractivity contribution in [1.82, 2.24) is 9.47 Å². The van der Waals surface area contributed by atoms with Crippen LogP contribution in [0.5, 0.6) is 17.2 Å². The fraction of sp³-hybridized carbons (Fsp3) is 0.360. The van der Waals surface area contributed by atoms with E-state index in [2.05, 4.69) is 9.47 Å². The molecule has 0 N–H and O–H groups in total. The molecule has 0 fully saturated rings. The van der Waals surface area contributed by atoms with Gasteiger partial charge >= 0.3 is 6.18 Å². The number of ether oxygens (including phenoxy) is 3. The Balaban J connectivity index is 1.81. The standard InChI is InChI=1S/C25H27F3N2O3/c1-31-21-15-23(33-3)22(32-2)14-19(21)24-20-9-5-10-29(20)11-6-12-30(24)16-17-7-4-8-18(13-17)25(26,27)28/h4-5,7-10,13-15,24H,6,11-12,16H2,1-3H3/t24-/m0/s1. The number of benzene rings is 2. The van der Waals surface area contributed by atoms with E-state index in [0.29, 0.717) is 35.9 Å². The Morgan fingerprint density at radius 3 is 2.30 bits per heavy atom. The minimum atomic E-state index is -4.38.